The summed E-state index contributed by atoms with van der Waals surface area (Å²) < 4.78 is 0. The average molecular weight is 296 g/mol. The second kappa shape index (κ2) is 8.92. The Labute approximate surface area is 125 Å². The predicted molar refractivity (Wildman–Crippen MR) is 82.5 cm³/mol. The van der Waals surface area contributed by atoms with Gasteiger partial charge in [0.2, 0.25) is 5.91 Å². The number of primary amides is 1. The summed E-state index contributed by atoms with van der Waals surface area (Å²) in [5, 5.41) is 4.19. The smallest absolute Gasteiger partial charge is 0.237 e. The quantitative estimate of drug-likeness (QED) is 0.510. The summed E-state index contributed by atoms with van der Waals surface area (Å²) in [5.74, 6) is 0.703. The first-order chi connectivity index (χ1) is 9.58. The van der Waals surface area contributed by atoms with Crippen LogP contribution in [0.15, 0.2) is 23.6 Å². The molecule has 0 saturated heterocycles. The number of amides is 1. The minimum absolute atomic E-state index is 0.271. The van der Waals surface area contributed by atoms with Crippen molar-refractivity contribution in [1.82, 2.24) is 15.3 Å². The van der Waals surface area contributed by atoms with E-state index in [4.69, 9.17) is 5.73 Å². The van der Waals surface area contributed by atoms with Crippen LogP contribution in [0.4, 0.5) is 0 Å². The molecule has 0 spiro atoms. The second-order valence-electron chi connectivity index (χ2n) is 4.97. The molecule has 1 heterocycles. The first kappa shape index (κ1) is 16.9. The van der Waals surface area contributed by atoms with Gasteiger partial charge >= 0.3 is 0 Å². The molecule has 6 heteroatoms. The zero-order valence-corrected chi connectivity index (χ0v) is 13.1. The molecule has 5 nitrogen and oxygen atoms in total. The topological polar surface area (TPSA) is 80.9 Å². The fourth-order valence-corrected chi connectivity index (χ4v) is 2.65. The van der Waals surface area contributed by atoms with Gasteiger partial charge in [-0.3, -0.25) is 9.78 Å². The first-order valence-electron chi connectivity index (χ1n) is 7.02. The number of carbonyl (C=O) groups excluding carboxylic acids is 1. The first-order valence-corrected chi connectivity index (χ1v) is 8.01. The van der Waals surface area contributed by atoms with Gasteiger partial charge in [0.15, 0.2) is 0 Å². The van der Waals surface area contributed by atoms with Crippen LogP contribution >= 0.6 is 11.8 Å². The molecule has 1 amide bonds. The van der Waals surface area contributed by atoms with Crippen LogP contribution in [0.2, 0.25) is 0 Å². The van der Waals surface area contributed by atoms with Gasteiger partial charge in [0, 0.05) is 12.4 Å². The highest BCUT2D eigenvalue weighted by Crippen LogP contribution is 2.18. The lowest BCUT2D eigenvalue weighted by Gasteiger charge is -2.27. The minimum atomic E-state index is -0.590. The number of thioether (sulfide) groups is 1. The third-order valence-corrected chi connectivity index (χ3v) is 4.17. The molecule has 1 rings (SSSR count). The number of rotatable bonds is 10. The normalized spacial score (nSPS) is 13.9. The maximum absolute atomic E-state index is 11.5. The number of aromatic nitrogens is 2. The number of hydrogen-bond donors (Lipinski definition) is 2. The fraction of sp³-hybridized carbons (Fsp3) is 0.643. The molecule has 0 radical (unpaired) electrons. The maximum atomic E-state index is 11.5. The Kier molecular flexibility index (Phi) is 7.54. The van der Waals surface area contributed by atoms with Crippen LogP contribution in [0.25, 0.3) is 0 Å². The van der Waals surface area contributed by atoms with Crippen LogP contribution in [-0.2, 0) is 4.79 Å². The van der Waals surface area contributed by atoms with Gasteiger partial charge in [0.1, 0.15) is 5.03 Å². The number of unbranched alkanes of at least 4 members (excludes halogenated alkanes) is 1. The fourth-order valence-electron chi connectivity index (χ4n) is 1.82. The van der Waals surface area contributed by atoms with Crippen molar-refractivity contribution in [3.8, 4) is 0 Å². The monoisotopic (exact) mass is 296 g/mol. The Balaban J connectivity index is 2.25. The highest BCUT2D eigenvalue weighted by atomic mass is 32.2. The standard InChI is InChI=1S/C14H24N4OS/c1-3-7-18-14(2,13(15)19)6-4-5-10-20-12-11-16-8-9-17-12/h8-9,11,18H,3-7,10H2,1-2H3,(H2,15,19). The summed E-state index contributed by atoms with van der Waals surface area (Å²) in [6.45, 7) is 4.78. The summed E-state index contributed by atoms with van der Waals surface area (Å²) >= 11 is 1.69. The molecule has 1 aromatic heterocycles. The van der Waals surface area contributed by atoms with Gasteiger partial charge in [-0.15, -0.1) is 11.8 Å². The van der Waals surface area contributed by atoms with Crippen molar-refractivity contribution in [2.75, 3.05) is 12.3 Å². The number of carbonyl (C=O) groups is 1. The third-order valence-electron chi connectivity index (χ3n) is 3.17. The molecule has 0 saturated carbocycles. The van der Waals surface area contributed by atoms with Crippen molar-refractivity contribution >= 4 is 17.7 Å². The largest absolute Gasteiger partial charge is 0.368 e. The van der Waals surface area contributed by atoms with Crippen LogP contribution in [0.3, 0.4) is 0 Å². The van der Waals surface area contributed by atoms with Crippen molar-refractivity contribution in [2.24, 2.45) is 5.73 Å². The second-order valence-corrected chi connectivity index (χ2v) is 6.09. The number of nitrogens with zero attached hydrogens (tertiary/aromatic N) is 2. The van der Waals surface area contributed by atoms with Gasteiger partial charge in [0.05, 0.1) is 11.7 Å². The van der Waals surface area contributed by atoms with Crippen molar-refractivity contribution < 1.29 is 4.79 Å². The van der Waals surface area contributed by atoms with E-state index in [1.54, 1.807) is 30.4 Å². The van der Waals surface area contributed by atoms with Gasteiger partial charge in [-0.05, 0) is 38.5 Å². The molecule has 0 aliphatic rings. The van der Waals surface area contributed by atoms with E-state index < -0.39 is 5.54 Å². The van der Waals surface area contributed by atoms with E-state index in [0.29, 0.717) is 0 Å². The molecule has 1 atom stereocenters. The van der Waals surface area contributed by atoms with Crippen LogP contribution in [0.1, 0.15) is 39.5 Å². The van der Waals surface area contributed by atoms with E-state index in [1.807, 2.05) is 6.92 Å². The molecule has 0 bridgehead atoms. The number of nitrogens with two attached hydrogens (primary N) is 1. The number of nitrogens with one attached hydrogen (secondary N) is 1. The molecule has 3 N–H and O–H groups in total. The van der Waals surface area contributed by atoms with Gasteiger partial charge in [-0.2, -0.15) is 0 Å². The van der Waals surface area contributed by atoms with Gasteiger partial charge < -0.3 is 11.1 Å². The lowest BCUT2D eigenvalue weighted by molar-refractivity contribution is -0.124. The average Bonchev–Trinajstić information content (AvgIpc) is 2.45. The van der Waals surface area contributed by atoms with E-state index >= 15 is 0 Å². The zero-order valence-electron chi connectivity index (χ0n) is 12.3. The van der Waals surface area contributed by atoms with Crippen LogP contribution in [0.5, 0.6) is 0 Å². The van der Waals surface area contributed by atoms with E-state index in [1.165, 1.54) is 0 Å². The molecule has 20 heavy (non-hydrogen) atoms. The minimum Gasteiger partial charge on any atom is -0.368 e. The molecule has 0 aromatic carbocycles. The van der Waals surface area contributed by atoms with E-state index in [9.17, 15) is 4.79 Å². The van der Waals surface area contributed by atoms with Crippen LogP contribution in [0, 0.1) is 0 Å². The van der Waals surface area contributed by atoms with Crippen molar-refractivity contribution in [1.29, 1.82) is 0 Å². The molecule has 0 aliphatic heterocycles. The van der Waals surface area contributed by atoms with Crippen molar-refractivity contribution in [2.45, 2.75) is 50.1 Å². The summed E-state index contributed by atoms with van der Waals surface area (Å²) in [4.78, 5) is 19.8. The lowest BCUT2D eigenvalue weighted by atomic mass is 9.94. The summed E-state index contributed by atoms with van der Waals surface area (Å²) in [6.07, 6.45) is 8.88. The molecule has 0 fully saturated rings. The lowest BCUT2D eigenvalue weighted by Crippen LogP contribution is -2.53. The Morgan fingerprint density at radius 3 is 2.85 bits per heavy atom. The SMILES string of the molecule is CCCNC(C)(CCCCSc1cnccn1)C(N)=O. The highest BCUT2D eigenvalue weighted by Gasteiger charge is 2.29. The predicted octanol–water partition coefficient (Wildman–Crippen LogP) is 1.98. The number of hydrogen-bond acceptors (Lipinski definition) is 5. The molecular weight excluding hydrogens is 272 g/mol. The molecular formula is C14H24N4OS. The summed E-state index contributed by atoms with van der Waals surface area (Å²) in [7, 11) is 0. The Morgan fingerprint density at radius 1 is 1.45 bits per heavy atom. The zero-order chi connectivity index (χ0) is 14.8. The van der Waals surface area contributed by atoms with Crippen molar-refractivity contribution in [3.05, 3.63) is 18.6 Å². The molecule has 0 aliphatic carbocycles. The molecule has 112 valence electrons. The third kappa shape index (κ3) is 5.88. The van der Waals surface area contributed by atoms with Gasteiger partial charge in [-0.25, -0.2) is 4.98 Å². The summed E-state index contributed by atoms with van der Waals surface area (Å²) in [5.41, 5.74) is 4.90. The molecule has 1 unspecified atom stereocenters. The van der Waals surface area contributed by atoms with Gasteiger partial charge in [0.25, 0.3) is 0 Å². The van der Waals surface area contributed by atoms with Crippen molar-refractivity contribution in [3.63, 3.8) is 0 Å². The van der Waals surface area contributed by atoms with E-state index in [2.05, 4.69) is 22.2 Å². The van der Waals surface area contributed by atoms with Gasteiger partial charge in [-0.1, -0.05) is 13.3 Å². The maximum Gasteiger partial charge on any atom is 0.237 e. The Hall–Kier alpha value is -1.14. The molecule has 1 aromatic rings. The van der Waals surface area contributed by atoms with E-state index in [-0.39, 0.29) is 5.91 Å². The highest BCUT2D eigenvalue weighted by molar-refractivity contribution is 7.99. The summed E-state index contributed by atoms with van der Waals surface area (Å²) in [6, 6.07) is 0. The Morgan fingerprint density at radius 2 is 2.25 bits per heavy atom. The van der Waals surface area contributed by atoms with E-state index in [0.717, 1.165) is 43.0 Å². The van der Waals surface area contributed by atoms with Crippen LogP contribution < -0.4 is 11.1 Å². The Bertz CT molecular complexity index is 401. The van der Waals surface area contributed by atoms with Crippen LogP contribution in [-0.4, -0.2) is 33.7 Å².